The first-order valence-corrected chi connectivity index (χ1v) is 7.46. The number of thiophene rings is 1. The van der Waals surface area contributed by atoms with E-state index in [4.69, 9.17) is 11.6 Å². The van der Waals surface area contributed by atoms with E-state index < -0.39 is 0 Å². The third-order valence-corrected chi connectivity index (χ3v) is 4.74. The maximum Gasteiger partial charge on any atom is 0.0931 e. The molecule has 90 valence electrons. The fourth-order valence-corrected chi connectivity index (χ4v) is 3.85. The summed E-state index contributed by atoms with van der Waals surface area (Å²) in [6.45, 7) is 3.27. The van der Waals surface area contributed by atoms with E-state index in [0.717, 1.165) is 23.2 Å². The lowest BCUT2D eigenvalue weighted by molar-refractivity contribution is 0.364. The molecule has 0 amide bonds. The zero-order valence-electron chi connectivity index (χ0n) is 9.84. The molecule has 0 radical (unpaired) electrons. The van der Waals surface area contributed by atoms with E-state index in [-0.39, 0.29) is 0 Å². The summed E-state index contributed by atoms with van der Waals surface area (Å²) in [6.07, 6.45) is 6.78. The van der Waals surface area contributed by atoms with E-state index in [9.17, 15) is 0 Å². The van der Waals surface area contributed by atoms with Crippen LogP contribution in [0.1, 0.15) is 37.5 Å². The van der Waals surface area contributed by atoms with E-state index in [2.05, 4.69) is 18.3 Å². The highest BCUT2D eigenvalue weighted by Crippen LogP contribution is 2.31. The van der Waals surface area contributed by atoms with E-state index in [1.54, 1.807) is 11.3 Å². The lowest BCUT2D eigenvalue weighted by Gasteiger charge is -2.23. The van der Waals surface area contributed by atoms with Gasteiger partial charge in [0.15, 0.2) is 0 Å². The average Bonchev–Trinajstić information content (AvgIpc) is 2.88. The number of hydrogen-bond acceptors (Lipinski definition) is 2. The molecule has 0 bridgehead atoms. The number of likely N-dealkylation sites (N-methyl/N-ethyl adjacent to an activating group) is 1. The maximum atomic E-state index is 5.98. The van der Waals surface area contributed by atoms with Crippen molar-refractivity contribution in [2.45, 2.75) is 45.1 Å². The molecule has 1 aromatic rings. The molecule has 1 N–H and O–H groups in total. The molecule has 1 saturated carbocycles. The molecular formula is C13H20ClNS. The molecule has 1 aliphatic rings. The van der Waals surface area contributed by atoms with Crippen LogP contribution in [0.15, 0.2) is 12.1 Å². The van der Waals surface area contributed by atoms with Gasteiger partial charge in [0.1, 0.15) is 0 Å². The van der Waals surface area contributed by atoms with Crippen LogP contribution in [-0.2, 0) is 6.42 Å². The number of hydrogen-bond donors (Lipinski definition) is 1. The molecule has 1 aromatic heterocycles. The molecular weight excluding hydrogens is 238 g/mol. The molecule has 2 rings (SSSR count). The second kappa shape index (κ2) is 6.04. The van der Waals surface area contributed by atoms with Crippen molar-refractivity contribution in [2.75, 3.05) is 6.54 Å². The van der Waals surface area contributed by atoms with Gasteiger partial charge < -0.3 is 5.32 Å². The molecule has 0 aliphatic heterocycles. The van der Waals surface area contributed by atoms with E-state index in [0.29, 0.717) is 6.04 Å². The Morgan fingerprint density at radius 1 is 1.44 bits per heavy atom. The Morgan fingerprint density at radius 2 is 2.19 bits per heavy atom. The highest BCUT2D eigenvalue weighted by molar-refractivity contribution is 7.16. The highest BCUT2D eigenvalue weighted by atomic mass is 35.5. The van der Waals surface area contributed by atoms with Crippen LogP contribution in [0.2, 0.25) is 4.34 Å². The highest BCUT2D eigenvalue weighted by Gasteiger charge is 2.24. The Bertz CT molecular complexity index is 317. The molecule has 1 fully saturated rings. The minimum absolute atomic E-state index is 0.655. The second-order valence-corrected chi connectivity index (χ2v) is 6.42. The summed E-state index contributed by atoms with van der Waals surface area (Å²) in [5, 5.41) is 3.65. The van der Waals surface area contributed by atoms with Crippen LogP contribution < -0.4 is 5.32 Å². The van der Waals surface area contributed by atoms with Gasteiger partial charge in [-0.2, -0.15) is 0 Å². The zero-order valence-corrected chi connectivity index (χ0v) is 11.4. The lowest BCUT2D eigenvalue weighted by Crippen LogP contribution is -2.36. The summed E-state index contributed by atoms with van der Waals surface area (Å²) in [5.41, 5.74) is 0. The first-order chi connectivity index (χ1) is 7.79. The van der Waals surface area contributed by atoms with Gasteiger partial charge >= 0.3 is 0 Å². The largest absolute Gasteiger partial charge is 0.314 e. The van der Waals surface area contributed by atoms with E-state index in [1.807, 2.05) is 6.07 Å². The Hall–Kier alpha value is -0.0500. The predicted octanol–water partition coefficient (Wildman–Crippen LogP) is 4.11. The topological polar surface area (TPSA) is 12.0 Å². The van der Waals surface area contributed by atoms with Crippen molar-refractivity contribution in [1.29, 1.82) is 0 Å². The predicted molar refractivity (Wildman–Crippen MR) is 72.5 cm³/mol. The molecule has 16 heavy (non-hydrogen) atoms. The SMILES string of the molecule is CCNC(Cc1ccc(Cl)s1)C1CCCC1. The molecule has 1 atom stereocenters. The molecule has 0 spiro atoms. The standard InChI is InChI=1S/C13H20ClNS/c1-2-15-12(10-5-3-4-6-10)9-11-7-8-13(14)16-11/h7-8,10,12,15H,2-6,9H2,1H3. The Labute approximate surface area is 107 Å². The van der Waals surface area contributed by atoms with Crippen molar-refractivity contribution in [3.63, 3.8) is 0 Å². The van der Waals surface area contributed by atoms with Crippen molar-refractivity contribution in [3.05, 3.63) is 21.3 Å². The van der Waals surface area contributed by atoms with Crippen molar-refractivity contribution in [2.24, 2.45) is 5.92 Å². The van der Waals surface area contributed by atoms with Gasteiger partial charge in [-0.3, -0.25) is 0 Å². The normalized spacial score (nSPS) is 19.1. The molecule has 1 unspecified atom stereocenters. The minimum Gasteiger partial charge on any atom is -0.314 e. The number of nitrogens with one attached hydrogen (secondary N) is 1. The van der Waals surface area contributed by atoms with Gasteiger partial charge in [-0.1, -0.05) is 31.4 Å². The quantitative estimate of drug-likeness (QED) is 0.837. The molecule has 0 saturated heterocycles. The lowest BCUT2D eigenvalue weighted by atomic mass is 9.95. The number of halogens is 1. The Morgan fingerprint density at radius 3 is 2.75 bits per heavy atom. The third kappa shape index (κ3) is 3.22. The summed E-state index contributed by atoms with van der Waals surface area (Å²) < 4.78 is 0.914. The number of rotatable bonds is 5. The smallest absolute Gasteiger partial charge is 0.0931 e. The average molecular weight is 258 g/mol. The maximum absolute atomic E-state index is 5.98. The van der Waals surface area contributed by atoms with Gasteiger partial charge in [0.05, 0.1) is 4.34 Å². The summed E-state index contributed by atoms with van der Waals surface area (Å²) in [4.78, 5) is 1.42. The second-order valence-electron chi connectivity index (χ2n) is 4.62. The third-order valence-electron chi connectivity index (χ3n) is 3.49. The Kier molecular flexibility index (Phi) is 4.68. The van der Waals surface area contributed by atoms with Crippen LogP contribution >= 0.6 is 22.9 Å². The molecule has 3 heteroatoms. The van der Waals surface area contributed by atoms with Crippen molar-refractivity contribution >= 4 is 22.9 Å². The van der Waals surface area contributed by atoms with Crippen molar-refractivity contribution in [1.82, 2.24) is 5.32 Å². The van der Waals surface area contributed by atoms with Crippen LogP contribution in [0.5, 0.6) is 0 Å². The van der Waals surface area contributed by atoms with Crippen LogP contribution in [0, 0.1) is 5.92 Å². The van der Waals surface area contributed by atoms with Gasteiger partial charge in [0, 0.05) is 10.9 Å². The summed E-state index contributed by atoms with van der Waals surface area (Å²) in [6, 6.07) is 4.84. The van der Waals surface area contributed by atoms with Gasteiger partial charge in [0.2, 0.25) is 0 Å². The first-order valence-electron chi connectivity index (χ1n) is 6.27. The fourth-order valence-electron chi connectivity index (χ4n) is 2.71. The summed E-state index contributed by atoms with van der Waals surface area (Å²) >= 11 is 7.70. The van der Waals surface area contributed by atoms with Crippen LogP contribution in [-0.4, -0.2) is 12.6 Å². The first kappa shape index (κ1) is 12.4. The monoisotopic (exact) mass is 257 g/mol. The van der Waals surface area contributed by atoms with Gasteiger partial charge in [-0.25, -0.2) is 0 Å². The minimum atomic E-state index is 0.655. The Balaban J connectivity index is 1.96. The molecule has 1 nitrogen and oxygen atoms in total. The molecule has 1 aliphatic carbocycles. The van der Waals surface area contributed by atoms with Gasteiger partial charge in [-0.05, 0) is 43.9 Å². The van der Waals surface area contributed by atoms with Gasteiger partial charge in [-0.15, -0.1) is 11.3 Å². The van der Waals surface area contributed by atoms with Crippen molar-refractivity contribution in [3.8, 4) is 0 Å². The van der Waals surface area contributed by atoms with Crippen LogP contribution in [0.3, 0.4) is 0 Å². The van der Waals surface area contributed by atoms with E-state index in [1.165, 1.54) is 30.6 Å². The molecule has 0 aromatic carbocycles. The summed E-state index contributed by atoms with van der Waals surface area (Å²) in [7, 11) is 0. The van der Waals surface area contributed by atoms with Gasteiger partial charge in [0.25, 0.3) is 0 Å². The van der Waals surface area contributed by atoms with E-state index >= 15 is 0 Å². The van der Waals surface area contributed by atoms with Crippen molar-refractivity contribution < 1.29 is 0 Å². The van der Waals surface area contributed by atoms with Crippen LogP contribution in [0.25, 0.3) is 0 Å². The van der Waals surface area contributed by atoms with Crippen LogP contribution in [0.4, 0.5) is 0 Å². The molecule has 1 heterocycles. The fraction of sp³-hybridized carbons (Fsp3) is 0.692. The summed E-state index contributed by atoms with van der Waals surface area (Å²) in [5.74, 6) is 0.876. The zero-order chi connectivity index (χ0) is 11.4.